The van der Waals surface area contributed by atoms with Gasteiger partial charge < -0.3 is 10.6 Å². The Morgan fingerprint density at radius 3 is 1.95 bits per heavy atom. The molecule has 1 aliphatic carbocycles. The average molecular weight is 272 g/mol. The minimum Gasteiger partial charge on any atom is -0.382 e. The Morgan fingerprint density at radius 2 is 1.47 bits per heavy atom. The maximum atomic E-state index is 12.4. The first-order chi connectivity index (χ1) is 8.99. The average Bonchev–Trinajstić information content (AvgIpc) is 2.39. The highest BCUT2D eigenvalue weighted by atomic mass is 19.4. The Morgan fingerprint density at radius 1 is 0.947 bits per heavy atom. The van der Waals surface area contributed by atoms with Gasteiger partial charge in [-0.3, -0.25) is 0 Å². The highest BCUT2D eigenvalue weighted by molar-refractivity contribution is 5.46. The second-order valence-electron chi connectivity index (χ2n) is 5.06. The van der Waals surface area contributed by atoms with Gasteiger partial charge in [0.05, 0.1) is 5.56 Å². The third-order valence-corrected chi connectivity index (χ3v) is 3.72. The lowest BCUT2D eigenvalue weighted by Gasteiger charge is -2.29. The van der Waals surface area contributed by atoms with Gasteiger partial charge in [0, 0.05) is 17.8 Å². The summed E-state index contributed by atoms with van der Waals surface area (Å²) in [5.41, 5.74) is 0.165. The molecule has 0 amide bonds. The van der Waals surface area contributed by atoms with Crippen LogP contribution >= 0.6 is 0 Å². The van der Waals surface area contributed by atoms with Crippen molar-refractivity contribution in [3.05, 3.63) is 29.8 Å². The largest absolute Gasteiger partial charge is 0.416 e. The molecule has 5 heteroatoms. The molecule has 0 bridgehead atoms. The molecule has 0 atom stereocenters. The van der Waals surface area contributed by atoms with Crippen LogP contribution in [0.3, 0.4) is 0 Å². The molecule has 0 heterocycles. The van der Waals surface area contributed by atoms with Gasteiger partial charge in [-0.05, 0) is 57.0 Å². The fourth-order valence-corrected chi connectivity index (χ4v) is 2.52. The first-order valence-corrected chi connectivity index (χ1v) is 6.60. The Bertz CT molecular complexity index is 392. The van der Waals surface area contributed by atoms with E-state index in [0.29, 0.717) is 12.1 Å². The number of benzene rings is 1. The molecule has 2 N–H and O–H groups in total. The number of hydrogen-bond donors (Lipinski definition) is 2. The molecule has 0 unspecified atom stereocenters. The Balaban J connectivity index is 1.90. The summed E-state index contributed by atoms with van der Waals surface area (Å²) >= 11 is 0. The standard InChI is InChI=1S/C14H19F3N2/c1-18-11-6-8-13(9-7-11)19-12-4-2-10(3-5-12)14(15,16)17/h2-5,11,13,18-19H,6-9H2,1H3. The lowest BCUT2D eigenvalue weighted by atomic mass is 9.91. The van der Waals surface area contributed by atoms with E-state index >= 15 is 0 Å². The van der Waals surface area contributed by atoms with Gasteiger partial charge in [-0.1, -0.05) is 0 Å². The lowest BCUT2D eigenvalue weighted by molar-refractivity contribution is -0.137. The van der Waals surface area contributed by atoms with Crippen LogP contribution < -0.4 is 10.6 Å². The van der Waals surface area contributed by atoms with Gasteiger partial charge in [-0.15, -0.1) is 0 Å². The third-order valence-electron chi connectivity index (χ3n) is 3.72. The molecule has 2 rings (SSSR count). The van der Waals surface area contributed by atoms with Crippen LogP contribution in [-0.2, 0) is 6.18 Å². The molecular weight excluding hydrogens is 253 g/mol. The Hall–Kier alpha value is -1.23. The normalized spacial score (nSPS) is 24.2. The maximum Gasteiger partial charge on any atom is 0.416 e. The monoisotopic (exact) mass is 272 g/mol. The Labute approximate surface area is 111 Å². The van der Waals surface area contributed by atoms with Crippen LogP contribution in [0.15, 0.2) is 24.3 Å². The van der Waals surface area contributed by atoms with E-state index in [-0.39, 0.29) is 0 Å². The second kappa shape index (κ2) is 5.82. The van der Waals surface area contributed by atoms with E-state index in [0.717, 1.165) is 43.5 Å². The van der Waals surface area contributed by atoms with Gasteiger partial charge in [0.1, 0.15) is 0 Å². The van der Waals surface area contributed by atoms with Crippen molar-refractivity contribution >= 4 is 5.69 Å². The summed E-state index contributed by atoms with van der Waals surface area (Å²) in [6.45, 7) is 0. The summed E-state index contributed by atoms with van der Waals surface area (Å²) < 4.78 is 37.3. The van der Waals surface area contributed by atoms with E-state index in [1.165, 1.54) is 12.1 Å². The zero-order valence-electron chi connectivity index (χ0n) is 10.9. The summed E-state index contributed by atoms with van der Waals surface area (Å²) in [5, 5.41) is 6.57. The van der Waals surface area contributed by atoms with E-state index in [9.17, 15) is 13.2 Å². The van der Waals surface area contributed by atoms with Crippen molar-refractivity contribution < 1.29 is 13.2 Å². The fraction of sp³-hybridized carbons (Fsp3) is 0.571. The summed E-state index contributed by atoms with van der Waals surface area (Å²) in [4.78, 5) is 0. The van der Waals surface area contributed by atoms with Gasteiger partial charge in [0.15, 0.2) is 0 Å². The number of halogens is 3. The quantitative estimate of drug-likeness (QED) is 0.877. The van der Waals surface area contributed by atoms with Crippen LogP contribution in [0.25, 0.3) is 0 Å². The molecule has 0 saturated heterocycles. The Kier molecular flexibility index (Phi) is 4.34. The van der Waals surface area contributed by atoms with E-state index in [1.807, 2.05) is 7.05 Å². The predicted octanol–water partition coefficient (Wildman–Crippen LogP) is 3.65. The van der Waals surface area contributed by atoms with Crippen molar-refractivity contribution in [1.82, 2.24) is 5.32 Å². The van der Waals surface area contributed by atoms with Crippen molar-refractivity contribution in [3.63, 3.8) is 0 Å². The minimum absolute atomic E-state index is 0.362. The molecule has 0 aliphatic heterocycles. The first-order valence-electron chi connectivity index (χ1n) is 6.60. The topological polar surface area (TPSA) is 24.1 Å². The highest BCUT2D eigenvalue weighted by Gasteiger charge is 2.30. The summed E-state index contributed by atoms with van der Waals surface area (Å²) in [5.74, 6) is 0. The van der Waals surface area contributed by atoms with Gasteiger partial charge in [0.2, 0.25) is 0 Å². The van der Waals surface area contributed by atoms with Crippen molar-refractivity contribution in [2.24, 2.45) is 0 Å². The van der Waals surface area contributed by atoms with Crippen LogP contribution in [0.1, 0.15) is 31.2 Å². The van der Waals surface area contributed by atoms with Crippen molar-refractivity contribution in [2.75, 3.05) is 12.4 Å². The lowest BCUT2D eigenvalue weighted by Crippen LogP contribution is -2.34. The molecular formula is C14H19F3N2. The predicted molar refractivity (Wildman–Crippen MR) is 70.2 cm³/mol. The molecule has 1 saturated carbocycles. The first kappa shape index (κ1) is 14.2. The van der Waals surface area contributed by atoms with E-state index in [1.54, 1.807) is 0 Å². The highest BCUT2D eigenvalue weighted by Crippen LogP contribution is 2.30. The van der Waals surface area contributed by atoms with Crippen molar-refractivity contribution in [3.8, 4) is 0 Å². The maximum absolute atomic E-state index is 12.4. The smallest absolute Gasteiger partial charge is 0.382 e. The number of nitrogens with one attached hydrogen (secondary N) is 2. The molecule has 1 aliphatic rings. The van der Waals surface area contributed by atoms with Crippen LogP contribution in [0, 0.1) is 0 Å². The van der Waals surface area contributed by atoms with Gasteiger partial charge >= 0.3 is 6.18 Å². The number of alkyl halides is 3. The van der Waals surface area contributed by atoms with Crippen molar-refractivity contribution in [1.29, 1.82) is 0 Å². The van der Waals surface area contributed by atoms with Crippen LogP contribution in [0.2, 0.25) is 0 Å². The van der Waals surface area contributed by atoms with Gasteiger partial charge in [-0.2, -0.15) is 13.2 Å². The molecule has 0 aromatic heterocycles. The second-order valence-corrected chi connectivity index (χ2v) is 5.06. The summed E-state index contributed by atoms with van der Waals surface area (Å²) in [7, 11) is 1.97. The molecule has 106 valence electrons. The van der Waals surface area contributed by atoms with Crippen LogP contribution in [0.4, 0.5) is 18.9 Å². The summed E-state index contributed by atoms with van der Waals surface area (Å²) in [6, 6.07) is 6.20. The van der Waals surface area contributed by atoms with Crippen LogP contribution in [-0.4, -0.2) is 19.1 Å². The molecule has 1 aromatic carbocycles. The third kappa shape index (κ3) is 3.86. The SMILES string of the molecule is CNC1CCC(Nc2ccc(C(F)(F)F)cc2)CC1. The number of rotatable bonds is 3. The fourth-order valence-electron chi connectivity index (χ4n) is 2.52. The van der Waals surface area contributed by atoms with E-state index in [4.69, 9.17) is 0 Å². The zero-order chi connectivity index (χ0) is 13.9. The van der Waals surface area contributed by atoms with E-state index < -0.39 is 11.7 Å². The molecule has 0 spiro atoms. The van der Waals surface area contributed by atoms with Gasteiger partial charge in [-0.25, -0.2) is 0 Å². The molecule has 1 fully saturated rings. The number of anilines is 1. The number of hydrogen-bond acceptors (Lipinski definition) is 2. The minimum atomic E-state index is -4.26. The summed E-state index contributed by atoms with van der Waals surface area (Å²) in [6.07, 6.45) is 0.0477. The van der Waals surface area contributed by atoms with Crippen molar-refractivity contribution in [2.45, 2.75) is 43.9 Å². The van der Waals surface area contributed by atoms with Crippen LogP contribution in [0.5, 0.6) is 0 Å². The zero-order valence-corrected chi connectivity index (χ0v) is 10.9. The molecule has 2 nitrogen and oxygen atoms in total. The van der Waals surface area contributed by atoms with Gasteiger partial charge in [0.25, 0.3) is 0 Å². The van der Waals surface area contributed by atoms with E-state index in [2.05, 4.69) is 10.6 Å². The molecule has 19 heavy (non-hydrogen) atoms. The molecule has 0 radical (unpaired) electrons. The molecule has 1 aromatic rings.